The molecule has 44 valence electrons. The number of aliphatic hydroxyl groups is 1. The van der Waals surface area contributed by atoms with Crippen LogP contribution in [0.15, 0.2) is 0 Å². The molecule has 0 aliphatic heterocycles. The first-order valence-electron chi connectivity index (χ1n) is 1.86. The van der Waals surface area contributed by atoms with E-state index in [1.54, 1.807) is 0 Å². The van der Waals surface area contributed by atoms with Crippen molar-refractivity contribution in [2.75, 3.05) is 13.2 Å². The van der Waals surface area contributed by atoms with Crippen molar-refractivity contribution in [3.05, 3.63) is 0 Å². The van der Waals surface area contributed by atoms with Gasteiger partial charge in [-0.15, -0.1) is 0 Å². The monoisotopic (exact) mass is 146 g/mol. The SMILES string of the molecule is OCCOB(O)O.[KH]. The summed E-state index contributed by atoms with van der Waals surface area (Å²) in [6, 6.07) is 0. The third kappa shape index (κ3) is 10.5. The van der Waals surface area contributed by atoms with E-state index in [1.165, 1.54) is 0 Å². The molecule has 0 aromatic rings. The Hall–Kier alpha value is 1.54. The Kier molecular flexibility index (Phi) is 13.1. The summed E-state index contributed by atoms with van der Waals surface area (Å²) in [6.07, 6.45) is 0. The number of hydrogen-bond donors (Lipinski definition) is 3. The molecule has 3 N–H and O–H groups in total. The van der Waals surface area contributed by atoms with Gasteiger partial charge in [-0.3, -0.25) is 0 Å². The van der Waals surface area contributed by atoms with Gasteiger partial charge < -0.3 is 19.8 Å². The molecule has 0 unspecified atom stereocenters. The van der Waals surface area contributed by atoms with Crippen LogP contribution >= 0.6 is 0 Å². The Labute approximate surface area is 90.5 Å². The van der Waals surface area contributed by atoms with Crippen LogP contribution in [0.1, 0.15) is 0 Å². The van der Waals surface area contributed by atoms with E-state index in [9.17, 15) is 0 Å². The maximum atomic E-state index is 7.97. The molecule has 0 amide bonds. The third-order valence-corrected chi connectivity index (χ3v) is 0.358. The van der Waals surface area contributed by atoms with Crippen molar-refractivity contribution in [3.63, 3.8) is 0 Å². The van der Waals surface area contributed by atoms with E-state index < -0.39 is 7.32 Å². The van der Waals surface area contributed by atoms with Gasteiger partial charge in [0.1, 0.15) is 0 Å². The van der Waals surface area contributed by atoms with E-state index >= 15 is 0 Å². The van der Waals surface area contributed by atoms with Crippen LogP contribution in [-0.4, -0.2) is 87.1 Å². The van der Waals surface area contributed by atoms with Crippen LogP contribution in [0.3, 0.4) is 0 Å². The summed E-state index contributed by atoms with van der Waals surface area (Å²) in [5, 5.41) is 23.8. The summed E-state index contributed by atoms with van der Waals surface area (Å²) in [4.78, 5) is 0. The maximum absolute atomic E-state index is 7.97. The molecule has 0 aromatic carbocycles. The van der Waals surface area contributed by atoms with Gasteiger partial charge in [-0.25, -0.2) is 0 Å². The molecule has 0 heterocycles. The molecule has 4 nitrogen and oxygen atoms in total. The first kappa shape index (κ1) is 12.2. The van der Waals surface area contributed by atoms with Crippen molar-refractivity contribution in [1.82, 2.24) is 0 Å². The van der Waals surface area contributed by atoms with Crippen LogP contribution in [0.25, 0.3) is 0 Å². The topological polar surface area (TPSA) is 69.9 Å². The summed E-state index contributed by atoms with van der Waals surface area (Å²) in [6.45, 7) is -0.241. The zero-order valence-corrected chi connectivity index (χ0v) is 3.74. The van der Waals surface area contributed by atoms with Gasteiger partial charge >= 0.3 is 58.7 Å². The molecule has 8 heavy (non-hydrogen) atoms. The fourth-order valence-electron chi connectivity index (χ4n) is 0.158. The standard InChI is InChI=1S/C2H7BO4.K.H/c4-1-2-7-3(5)6;;/h4-6H,1-2H2;;. The first-order valence-corrected chi connectivity index (χ1v) is 1.86. The zero-order chi connectivity index (χ0) is 5.70. The zero-order valence-electron chi connectivity index (χ0n) is 3.74. The average molecular weight is 146 g/mol. The van der Waals surface area contributed by atoms with Gasteiger partial charge in [-0.05, 0) is 0 Å². The molecule has 0 aliphatic carbocycles. The van der Waals surface area contributed by atoms with Crippen LogP contribution in [0.4, 0.5) is 0 Å². The summed E-state index contributed by atoms with van der Waals surface area (Å²) in [7, 11) is -1.76. The van der Waals surface area contributed by atoms with E-state index in [0.717, 1.165) is 0 Å². The van der Waals surface area contributed by atoms with Gasteiger partial charge in [-0.1, -0.05) is 0 Å². The molecule has 0 radical (unpaired) electrons. The molecule has 0 atom stereocenters. The number of hydrogen-bond acceptors (Lipinski definition) is 4. The van der Waals surface area contributed by atoms with E-state index in [-0.39, 0.29) is 64.6 Å². The third-order valence-electron chi connectivity index (χ3n) is 0.358. The molecule has 0 saturated heterocycles. The van der Waals surface area contributed by atoms with Crippen LogP contribution in [0.2, 0.25) is 0 Å². The molecule has 0 aliphatic rings. The van der Waals surface area contributed by atoms with Gasteiger partial charge in [0.2, 0.25) is 0 Å². The molecule has 6 heteroatoms. The van der Waals surface area contributed by atoms with E-state index in [1.807, 2.05) is 0 Å². The van der Waals surface area contributed by atoms with Crippen LogP contribution < -0.4 is 0 Å². The van der Waals surface area contributed by atoms with Crippen molar-refractivity contribution in [2.24, 2.45) is 0 Å². The van der Waals surface area contributed by atoms with Gasteiger partial charge in [0, 0.05) is 0 Å². The fourth-order valence-corrected chi connectivity index (χ4v) is 0.158. The predicted molar refractivity (Wildman–Crippen MR) is 30.4 cm³/mol. The van der Waals surface area contributed by atoms with E-state index in [4.69, 9.17) is 15.2 Å². The fraction of sp³-hybridized carbons (Fsp3) is 1.00. The molecule has 0 saturated carbocycles. The Morgan fingerprint density at radius 1 is 1.38 bits per heavy atom. The second-order valence-electron chi connectivity index (χ2n) is 0.921. The predicted octanol–water partition coefficient (Wildman–Crippen LogP) is -2.68. The molecular formula is C2H8BKO4. The number of rotatable bonds is 3. The van der Waals surface area contributed by atoms with Crippen LogP contribution in [0.5, 0.6) is 0 Å². The summed E-state index contributed by atoms with van der Waals surface area (Å²) < 4.78 is 4.05. The Morgan fingerprint density at radius 2 is 1.88 bits per heavy atom. The Bertz CT molecular complexity index is 43.0. The first-order chi connectivity index (χ1) is 3.27. The van der Waals surface area contributed by atoms with E-state index in [2.05, 4.69) is 4.65 Å². The summed E-state index contributed by atoms with van der Waals surface area (Å²) in [5.41, 5.74) is 0. The van der Waals surface area contributed by atoms with Crippen molar-refractivity contribution in [2.45, 2.75) is 0 Å². The summed E-state index contributed by atoms with van der Waals surface area (Å²) in [5.74, 6) is 0. The normalized spacial score (nSPS) is 7.88. The molecule has 0 bridgehead atoms. The van der Waals surface area contributed by atoms with Crippen molar-refractivity contribution < 1.29 is 19.8 Å². The van der Waals surface area contributed by atoms with Crippen molar-refractivity contribution in [3.8, 4) is 0 Å². The van der Waals surface area contributed by atoms with Gasteiger partial charge in [0.15, 0.2) is 0 Å². The van der Waals surface area contributed by atoms with Crippen LogP contribution in [-0.2, 0) is 4.65 Å². The van der Waals surface area contributed by atoms with Gasteiger partial charge in [0.25, 0.3) is 0 Å². The van der Waals surface area contributed by atoms with Crippen molar-refractivity contribution in [1.29, 1.82) is 0 Å². The van der Waals surface area contributed by atoms with Gasteiger partial charge in [-0.2, -0.15) is 0 Å². The molecule has 0 rings (SSSR count). The van der Waals surface area contributed by atoms with Gasteiger partial charge in [0.05, 0.1) is 13.2 Å². The molecule has 0 aromatic heterocycles. The van der Waals surface area contributed by atoms with E-state index in [0.29, 0.717) is 0 Å². The molecule has 0 spiro atoms. The minimum absolute atomic E-state index is 0. The molecular weight excluding hydrogens is 138 g/mol. The second kappa shape index (κ2) is 8.54. The van der Waals surface area contributed by atoms with Crippen molar-refractivity contribution >= 4 is 58.7 Å². The average Bonchev–Trinajstić information content (AvgIpc) is 1.61. The summed E-state index contributed by atoms with van der Waals surface area (Å²) >= 11 is 0. The quantitative estimate of drug-likeness (QED) is 0.379. The minimum atomic E-state index is -1.76. The number of aliphatic hydroxyl groups excluding tert-OH is 1. The Balaban J connectivity index is 0. The molecule has 0 fully saturated rings. The second-order valence-corrected chi connectivity index (χ2v) is 0.921. The van der Waals surface area contributed by atoms with Crippen LogP contribution in [0, 0.1) is 0 Å². The Morgan fingerprint density at radius 3 is 2.00 bits per heavy atom.